The van der Waals surface area contributed by atoms with Gasteiger partial charge >= 0.3 is 0 Å². The fourth-order valence-corrected chi connectivity index (χ4v) is 4.00. The molecular weight excluding hydrogens is 350 g/mol. The second kappa shape index (κ2) is 7.89. The highest BCUT2D eigenvalue weighted by molar-refractivity contribution is 5.93. The summed E-state index contributed by atoms with van der Waals surface area (Å²) >= 11 is 0. The molecule has 3 aromatic rings. The summed E-state index contributed by atoms with van der Waals surface area (Å²) in [6, 6.07) is 17.7. The van der Waals surface area contributed by atoms with Gasteiger partial charge in [-0.2, -0.15) is 0 Å². The Labute approximate surface area is 165 Å². The van der Waals surface area contributed by atoms with Crippen LogP contribution in [0, 0.1) is 5.92 Å². The van der Waals surface area contributed by atoms with Crippen molar-refractivity contribution in [2.45, 2.75) is 19.3 Å². The van der Waals surface area contributed by atoms with Gasteiger partial charge in [-0.3, -0.25) is 9.59 Å². The van der Waals surface area contributed by atoms with Gasteiger partial charge in [-0.15, -0.1) is 0 Å². The number of carbonyl (C=O) groups excluding carboxylic acids is 2. The van der Waals surface area contributed by atoms with E-state index in [9.17, 15) is 9.59 Å². The smallest absolute Gasteiger partial charge is 0.227 e. The molecule has 0 spiro atoms. The van der Waals surface area contributed by atoms with Gasteiger partial charge in [-0.25, -0.2) is 0 Å². The van der Waals surface area contributed by atoms with Crippen molar-refractivity contribution in [3.05, 3.63) is 66.4 Å². The van der Waals surface area contributed by atoms with E-state index in [0.717, 1.165) is 22.2 Å². The van der Waals surface area contributed by atoms with Crippen LogP contribution in [-0.2, 0) is 23.1 Å². The van der Waals surface area contributed by atoms with Gasteiger partial charge in [0.1, 0.15) is 0 Å². The van der Waals surface area contributed by atoms with E-state index in [-0.39, 0.29) is 17.7 Å². The Bertz CT molecular complexity index is 986. The van der Waals surface area contributed by atoms with Crippen LogP contribution in [0.3, 0.4) is 0 Å². The number of aryl methyl sites for hydroxylation is 1. The van der Waals surface area contributed by atoms with E-state index >= 15 is 0 Å². The van der Waals surface area contributed by atoms with E-state index in [0.29, 0.717) is 32.4 Å². The Hall–Kier alpha value is -3.08. The monoisotopic (exact) mass is 375 g/mol. The van der Waals surface area contributed by atoms with E-state index < -0.39 is 0 Å². The zero-order chi connectivity index (χ0) is 19.5. The summed E-state index contributed by atoms with van der Waals surface area (Å²) in [4.78, 5) is 27.2. The number of hydrogen-bond acceptors (Lipinski definition) is 2. The lowest BCUT2D eigenvalue weighted by molar-refractivity contribution is -0.133. The zero-order valence-corrected chi connectivity index (χ0v) is 16.1. The van der Waals surface area contributed by atoms with Gasteiger partial charge in [0.15, 0.2) is 0 Å². The first-order valence-corrected chi connectivity index (χ1v) is 9.78. The van der Waals surface area contributed by atoms with Crippen LogP contribution in [-0.4, -0.2) is 34.4 Å². The Kier molecular flexibility index (Phi) is 5.15. The molecule has 1 saturated heterocycles. The quantitative estimate of drug-likeness (QED) is 0.758. The number of benzene rings is 2. The topological polar surface area (TPSA) is 54.3 Å². The summed E-state index contributed by atoms with van der Waals surface area (Å²) in [5.41, 5.74) is 3.02. The molecule has 144 valence electrons. The van der Waals surface area contributed by atoms with Gasteiger partial charge in [0.25, 0.3) is 0 Å². The molecule has 0 radical (unpaired) electrons. The van der Waals surface area contributed by atoms with Gasteiger partial charge in [0, 0.05) is 48.8 Å². The number of nitrogens with one attached hydrogen (secondary N) is 1. The van der Waals surface area contributed by atoms with E-state index in [2.05, 4.69) is 22.0 Å². The van der Waals surface area contributed by atoms with Crippen LogP contribution in [0.2, 0.25) is 0 Å². The SMILES string of the molecule is Cn1cc(CC(=O)N2CCC(C(=O)Nc3ccccc3)CC2)c2ccccc21. The molecule has 0 saturated carbocycles. The van der Waals surface area contributed by atoms with Crippen molar-refractivity contribution in [3.8, 4) is 0 Å². The molecule has 2 heterocycles. The Morgan fingerprint density at radius 1 is 1.00 bits per heavy atom. The lowest BCUT2D eigenvalue weighted by Gasteiger charge is -2.31. The predicted molar refractivity (Wildman–Crippen MR) is 111 cm³/mol. The Morgan fingerprint density at radius 3 is 2.43 bits per heavy atom. The highest BCUT2D eigenvalue weighted by Gasteiger charge is 2.27. The first-order chi connectivity index (χ1) is 13.6. The van der Waals surface area contributed by atoms with Crippen molar-refractivity contribution in [2.75, 3.05) is 18.4 Å². The lowest BCUT2D eigenvalue weighted by atomic mass is 9.95. The van der Waals surface area contributed by atoms with Crippen molar-refractivity contribution < 1.29 is 9.59 Å². The maximum atomic E-state index is 12.8. The highest BCUT2D eigenvalue weighted by atomic mass is 16.2. The number of piperidine rings is 1. The molecule has 2 aromatic carbocycles. The normalized spacial score (nSPS) is 15.0. The molecule has 1 aliphatic heterocycles. The third kappa shape index (κ3) is 3.79. The fraction of sp³-hybridized carbons (Fsp3) is 0.304. The zero-order valence-electron chi connectivity index (χ0n) is 16.1. The average Bonchev–Trinajstić information content (AvgIpc) is 3.04. The molecule has 0 atom stereocenters. The second-order valence-electron chi connectivity index (χ2n) is 7.47. The number of carbonyl (C=O) groups is 2. The number of para-hydroxylation sites is 2. The van der Waals surface area contributed by atoms with Crippen LogP contribution in [0.1, 0.15) is 18.4 Å². The number of anilines is 1. The van der Waals surface area contributed by atoms with Crippen LogP contribution in [0.25, 0.3) is 10.9 Å². The van der Waals surface area contributed by atoms with E-state index in [4.69, 9.17) is 0 Å². The third-order valence-electron chi connectivity index (χ3n) is 5.58. The van der Waals surface area contributed by atoms with E-state index in [1.807, 2.05) is 60.6 Å². The molecule has 0 aliphatic carbocycles. The maximum absolute atomic E-state index is 12.8. The first-order valence-electron chi connectivity index (χ1n) is 9.78. The lowest BCUT2D eigenvalue weighted by Crippen LogP contribution is -2.42. The molecule has 1 fully saturated rings. The minimum Gasteiger partial charge on any atom is -0.350 e. The standard InChI is InChI=1S/C23H25N3O2/c1-25-16-18(20-9-5-6-10-21(20)25)15-22(27)26-13-11-17(12-14-26)23(28)24-19-7-3-2-4-8-19/h2-10,16-17H,11-15H2,1H3,(H,24,28). The molecule has 1 aromatic heterocycles. The van der Waals surface area contributed by atoms with Crippen molar-refractivity contribution in [3.63, 3.8) is 0 Å². The highest BCUT2D eigenvalue weighted by Crippen LogP contribution is 2.23. The van der Waals surface area contributed by atoms with Gasteiger partial charge in [-0.05, 0) is 36.6 Å². The molecule has 5 nitrogen and oxygen atoms in total. The maximum Gasteiger partial charge on any atom is 0.227 e. The average molecular weight is 375 g/mol. The molecular formula is C23H25N3O2. The van der Waals surface area contributed by atoms with Gasteiger partial charge < -0.3 is 14.8 Å². The van der Waals surface area contributed by atoms with Crippen molar-refractivity contribution in [1.29, 1.82) is 0 Å². The van der Waals surface area contributed by atoms with E-state index in [1.165, 1.54) is 0 Å². The molecule has 2 amide bonds. The number of fused-ring (bicyclic) bond motifs is 1. The van der Waals surface area contributed by atoms with Gasteiger partial charge in [0.2, 0.25) is 11.8 Å². The number of nitrogens with zero attached hydrogens (tertiary/aromatic N) is 2. The fourth-order valence-electron chi connectivity index (χ4n) is 4.00. The van der Waals surface area contributed by atoms with Crippen molar-refractivity contribution in [1.82, 2.24) is 9.47 Å². The van der Waals surface area contributed by atoms with Crippen molar-refractivity contribution in [2.24, 2.45) is 13.0 Å². The van der Waals surface area contributed by atoms with Crippen molar-refractivity contribution >= 4 is 28.4 Å². The number of rotatable bonds is 4. The number of amides is 2. The summed E-state index contributed by atoms with van der Waals surface area (Å²) in [7, 11) is 2.01. The summed E-state index contributed by atoms with van der Waals surface area (Å²) in [5.74, 6) is 0.146. The molecule has 1 aliphatic rings. The molecule has 0 bridgehead atoms. The minimum absolute atomic E-state index is 0.0400. The van der Waals surface area contributed by atoms with Crippen LogP contribution in [0.5, 0.6) is 0 Å². The molecule has 28 heavy (non-hydrogen) atoms. The molecule has 5 heteroatoms. The molecule has 0 unspecified atom stereocenters. The van der Waals surface area contributed by atoms with Crippen LogP contribution >= 0.6 is 0 Å². The van der Waals surface area contributed by atoms with Crippen LogP contribution < -0.4 is 5.32 Å². The number of likely N-dealkylation sites (tertiary alicyclic amines) is 1. The van der Waals surface area contributed by atoms with Crippen LogP contribution in [0.15, 0.2) is 60.8 Å². The molecule has 1 N–H and O–H groups in total. The second-order valence-corrected chi connectivity index (χ2v) is 7.47. The van der Waals surface area contributed by atoms with Crippen LogP contribution in [0.4, 0.5) is 5.69 Å². The first kappa shape index (κ1) is 18.3. The summed E-state index contributed by atoms with van der Waals surface area (Å²) in [6.07, 6.45) is 3.87. The molecule has 4 rings (SSSR count). The summed E-state index contributed by atoms with van der Waals surface area (Å²) < 4.78 is 2.07. The minimum atomic E-state index is -0.0400. The third-order valence-corrected chi connectivity index (χ3v) is 5.58. The summed E-state index contributed by atoms with van der Waals surface area (Å²) in [5, 5.41) is 4.11. The largest absolute Gasteiger partial charge is 0.350 e. The van der Waals surface area contributed by atoms with Gasteiger partial charge in [0.05, 0.1) is 6.42 Å². The van der Waals surface area contributed by atoms with Gasteiger partial charge in [-0.1, -0.05) is 36.4 Å². The number of aromatic nitrogens is 1. The Morgan fingerprint density at radius 2 is 1.68 bits per heavy atom. The Balaban J connectivity index is 1.34. The predicted octanol–water partition coefficient (Wildman–Crippen LogP) is 3.60. The van der Waals surface area contributed by atoms with E-state index in [1.54, 1.807) is 0 Å². The number of hydrogen-bond donors (Lipinski definition) is 1. The summed E-state index contributed by atoms with van der Waals surface area (Å²) in [6.45, 7) is 1.27.